The maximum absolute atomic E-state index is 12.5. The summed E-state index contributed by atoms with van der Waals surface area (Å²) in [5, 5.41) is 0. The summed E-state index contributed by atoms with van der Waals surface area (Å²) in [4.78, 5) is 49.3. The van der Waals surface area contributed by atoms with Crippen LogP contribution >= 0.6 is 50.5 Å². The van der Waals surface area contributed by atoms with Gasteiger partial charge in [0, 0.05) is 0 Å². The number of rotatable bonds is 11. The van der Waals surface area contributed by atoms with Crippen molar-refractivity contribution in [3.63, 3.8) is 0 Å². The van der Waals surface area contributed by atoms with Gasteiger partial charge in [-0.3, -0.25) is 19.2 Å². The van der Waals surface area contributed by atoms with Crippen molar-refractivity contribution >= 4 is 74.4 Å². The molecule has 0 unspecified atom stereocenters. The van der Waals surface area contributed by atoms with E-state index in [-0.39, 0.29) is 0 Å². The van der Waals surface area contributed by atoms with E-state index in [1.165, 1.54) is 55.4 Å². The first-order valence-electron chi connectivity index (χ1n) is 9.73. The van der Waals surface area contributed by atoms with Crippen molar-refractivity contribution in [2.75, 3.05) is 13.2 Å². The molecule has 0 spiro atoms. The van der Waals surface area contributed by atoms with E-state index < -0.39 is 68.3 Å². The lowest BCUT2D eigenvalue weighted by Crippen LogP contribution is -2.47. The van der Waals surface area contributed by atoms with Gasteiger partial charge in [0.05, 0.1) is 0 Å². The molecule has 0 bridgehead atoms. The van der Waals surface area contributed by atoms with Crippen LogP contribution in [0.3, 0.4) is 0 Å². The summed E-state index contributed by atoms with van der Waals surface area (Å²) < 4.78 is 16.7. The third-order valence-electron chi connectivity index (χ3n) is 3.69. The van der Waals surface area contributed by atoms with Crippen LogP contribution in [0, 0.1) is 0 Å². The lowest BCUT2D eigenvalue weighted by atomic mass is 10.1. The maximum Gasteiger partial charge on any atom is 0.321 e. The summed E-state index contributed by atoms with van der Waals surface area (Å²) in [6.45, 7) is 11.1. The molecule has 0 N–H and O–H groups in total. The molecule has 2 atom stereocenters. The van der Waals surface area contributed by atoms with Gasteiger partial charge in [0.2, 0.25) is 0 Å². The molecule has 0 aliphatic heterocycles. The number of esters is 4. The molecule has 0 amide bonds. The van der Waals surface area contributed by atoms with Crippen LogP contribution in [0.2, 0.25) is 0 Å². The van der Waals surface area contributed by atoms with Gasteiger partial charge in [-0.1, -0.05) is 0 Å². The molecule has 0 aromatic carbocycles. The fraction of sp³-hybridized carbons (Fsp3) is 0.800. The number of ether oxygens (including phenoxy) is 4. The second-order valence-electron chi connectivity index (χ2n) is 9.32. The minimum atomic E-state index is -1.30. The molecule has 32 heavy (non-hydrogen) atoms. The molecule has 12 heteroatoms. The molecule has 0 rings (SSSR count). The van der Waals surface area contributed by atoms with Crippen LogP contribution in [0.4, 0.5) is 0 Å². The SMILES string of the molecule is CC(C)(S)C(=O)OC[C@H](OC(=O)C(C)(C)S)[C@@H](COC(=O)C(C)(C)S)OC(=O)C(C)(C)S. The van der Waals surface area contributed by atoms with Crippen LogP contribution in [0.25, 0.3) is 0 Å². The number of carbonyl (C=O) groups excluding carboxylic acids is 4. The lowest BCUT2D eigenvalue weighted by molar-refractivity contribution is -0.184. The van der Waals surface area contributed by atoms with Gasteiger partial charge in [0.1, 0.15) is 32.2 Å². The van der Waals surface area contributed by atoms with Crippen molar-refractivity contribution in [3.8, 4) is 0 Å². The molecule has 0 fully saturated rings. The second-order valence-corrected chi connectivity index (χ2v) is 13.8. The molecule has 0 heterocycles. The van der Waals surface area contributed by atoms with Crippen LogP contribution in [0.1, 0.15) is 55.4 Å². The zero-order chi connectivity index (χ0) is 25.7. The van der Waals surface area contributed by atoms with Crippen molar-refractivity contribution in [2.45, 2.75) is 86.6 Å². The standard InChI is InChI=1S/C20H34O8S4/c1-17(2,29)13(21)25-9-11(27-15(23)19(5,6)31)12(28-16(24)20(7,8)32)10-26-14(22)18(3,4)30/h11-12,29-32H,9-10H2,1-8H3/t11-,12+. The highest BCUT2D eigenvalue weighted by Gasteiger charge is 2.39. The van der Waals surface area contributed by atoms with E-state index in [1.54, 1.807) is 0 Å². The molecule has 8 nitrogen and oxygen atoms in total. The van der Waals surface area contributed by atoms with Crippen LogP contribution in [-0.4, -0.2) is 68.3 Å². The third kappa shape index (κ3) is 11.4. The largest absolute Gasteiger partial charge is 0.461 e. The molecule has 0 aromatic heterocycles. The summed E-state index contributed by atoms with van der Waals surface area (Å²) in [6, 6.07) is 0. The van der Waals surface area contributed by atoms with Crippen molar-refractivity contribution in [1.29, 1.82) is 0 Å². The topological polar surface area (TPSA) is 105 Å². The monoisotopic (exact) mass is 530 g/mol. The van der Waals surface area contributed by atoms with Gasteiger partial charge in [-0.05, 0) is 55.4 Å². The van der Waals surface area contributed by atoms with Crippen LogP contribution < -0.4 is 0 Å². The molecule has 0 aliphatic rings. The quantitative estimate of drug-likeness (QED) is 0.184. The summed E-state index contributed by atoms with van der Waals surface area (Å²) in [5.74, 6) is -2.92. The van der Waals surface area contributed by atoms with E-state index in [2.05, 4.69) is 50.5 Å². The first-order chi connectivity index (χ1) is 14.1. The highest BCUT2D eigenvalue weighted by molar-refractivity contribution is 7.83. The Hall–Kier alpha value is -0.720. The average Bonchev–Trinajstić information content (AvgIpc) is 2.57. The third-order valence-corrected chi connectivity index (χ3v) is 4.42. The first kappa shape index (κ1) is 31.3. The highest BCUT2D eigenvalue weighted by atomic mass is 32.1. The predicted octanol–water partition coefficient (Wildman–Crippen LogP) is 2.73. The predicted molar refractivity (Wildman–Crippen MR) is 134 cm³/mol. The maximum atomic E-state index is 12.5. The Morgan fingerprint density at radius 3 is 0.938 bits per heavy atom. The fourth-order valence-electron chi connectivity index (χ4n) is 1.67. The van der Waals surface area contributed by atoms with Crippen molar-refractivity contribution in [2.24, 2.45) is 0 Å². The van der Waals surface area contributed by atoms with Gasteiger partial charge in [-0.15, -0.1) is 0 Å². The van der Waals surface area contributed by atoms with Gasteiger partial charge < -0.3 is 18.9 Å². The molecule has 0 aliphatic carbocycles. The van der Waals surface area contributed by atoms with Gasteiger partial charge in [0.25, 0.3) is 0 Å². The Labute approximate surface area is 211 Å². The van der Waals surface area contributed by atoms with E-state index in [4.69, 9.17) is 18.9 Å². The van der Waals surface area contributed by atoms with Gasteiger partial charge in [-0.2, -0.15) is 50.5 Å². The number of hydrogen-bond acceptors (Lipinski definition) is 12. The van der Waals surface area contributed by atoms with Gasteiger partial charge in [0.15, 0.2) is 12.2 Å². The van der Waals surface area contributed by atoms with Crippen LogP contribution in [-0.2, 0) is 38.1 Å². The summed E-state index contributed by atoms with van der Waals surface area (Å²) >= 11 is 16.6. The molecule has 0 saturated carbocycles. The minimum Gasteiger partial charge on any atom is -0.461 e. The van der Waals surface area contributed by atoms with Crippen molar-refractivity contribution < 1.29 is 38.1 Å². The van der Waals surface area contributed by atoms with E-state index in [0.717, 1.165) is 0 Å². The molecular formula is C20H34O8S4. The second kappa shape index (κ2) is 11.6. The van der Waals surface area contributed by atoms with Crippen molar-refractivity contribution in [3.05, 3.63) is 0 Å². The van der Waals surface area contributed by atoms with E-state index in [9.17, 15) is 19.2 Å². The van der Waals surface area contributed by atoms with E-state index in [1.807, 2.05) is 0 Å². The Kier molecular flexibility index (Phi) is 11.4. The zero-order valence-corrected chi connectivity index (χ0v) is 23.2. The normalized spacial score (nSPS) is 14.8. The summed E-state index contributed by atoms with van der Waals surface area (Å²) in [7, 11) is 0. The molecule has 0 aromatic rings. The minimum absolute atomic E-state index is 0.481. The van der Waals surface area contributed by atoms with Crippen molar-refractivity contribution in [1.82, 2.24) is 0 Å². The Morgan fingerprint density at radius 1 is 0.531 bits per heavy atom. The lowest BCUT2D eigenvalue weighted by Gasteiger charge is -2.31. The van der Waals surface area contributed by atoms with E-state index >= 15 is 0 Å². The van der Waals surface area contributed by atoms with Gasteiger partial charge >= 0.3 is 23.9 Å². The molecule has 0 saturated heterocycles. The van der Waals surface area contributed by atoms with Crippen LogP contribution in [0.5, 0.6) is 0 Å². The molecular weight excluding hydrogens is 496 g/mol. The fourth-order valence-corrected chi connectivity index (χ4v) is 1.90. The molecule has 0 radical (unpaired) electrons. The first-order valence-corrected chi connectivity index (χ1v) is 11.5. The summed E-state index contributed by atoms with van der Waals surface area (Å²) in [6.07, 6.45) is -2.60. The van der Waals surface area contributed by atoms with E-state index in [0.29, 0.717) is 0 Å². The average molecular weight is 531 g/mol. The number of thiol groups is 4. The Balaban J connectivity index is 5.91. The zero-order valence-electron chi connectivity index (χ0n) is 19.6. The summed E-state index contributed by atoms with van der Waals surface area (Å²) in [5.41, 5.74) is 0. The highest BCUT2D eigenvalue weighted by Crippen LogP contribution is 2.22. The Bertz CT molecular complexity index is 636. The van der Waals surface area contributed by atoms with Crippen LogP contribution in [0.15, 0.2) is 0 Å². The van der Waals surface area contributed by atoms with Gasteiger partial charge in [-0.25, -0.2) is 0 Å². The smallest absolute Gasteiger partial charge is 0.321 e. The number of hydrogen-bond donors (Lipinski definition) is 4. The number of carbonyl (C=O) groups is 4. The molecule has 186 valence electrons. The Morgan fingerprint density at radius 2 is 0.750 bits per heavy atom.